The molecule has 0 saturated carbocycles. The van der Waals surface area contributed by atoms with Gasteiger partial charge in [0, 0.05) is 0 Å². The third-order valence-electron chi connectivity index (χ3n) is 2.90. The molecule has 0 atom stereocenters. The Morgan fingerprint density at radius 2 is 1.73 bits per heavy atom. The number of anilines is 1. The van der Waals surface area contributed by atoms with Gasteiger partial charge in [-0.05, 0) is 0 Å². The van der Waals surface area contributed by atoms with Crippen molar-refractivity contribution in [1.82, 2.24) is 9.19 Å². The molecule has 2 aromatic carbocycles. The fourth-order valence-electron chi connectivity index (χ4n) is 1.90. The number of carbonyl (C=O) groups excluding carboxylic acids is 1. The molecule has 3 aromatic rings. The zero-order chi connectivity index (χ0) is 15.2. The van der Waals surface area contributed by atoms with Crippen molar-refractivity contribution in [2.45, 2.75) is 3.77 Å². The molecule has 1 amide bonds. The number of benzene rings is 2. The van der Waals surface area contributed by atoms with Crippen LogP contribution in [-0.2, 0) is 4.79 Å². The summed E-state index contributed by atoms with van der Waals surface area (Å²) in [5, 5.41) is 7.11. The fourth-order valence-corrected chi connectivity index (χ4v) is 4.38. The Morgan fingerprint density at radius 1 is 1.05 bits per heavy atom. The van der Waals surface area contributed by atoms with Gasteiger partial charge in [-0.15, -0.1) is 0 Å². The van der Waals surface area contributed by atoms with E-state index in [2.05, 4.69) is 14.5 Å². The van der Waals surface area contributed by atoms with Gasteiger partial charge < -0.3 is 0 Å². The molecule has 22 heavy (non-hydrogen) atoms. The van der Waals surface area contributed by atoms with Crippen LogP contribution >= 0.6 is 11.8 Å². The Kier molecular flexibility index (Phi) is 5.06. The van der Waals surface area contributed by atoms with Gasteiger partial charge in [-0.1, -0.05) is 0 Å². The molecule has 6 heteroatoms. The molecule has 0 unspecified atom stereocenters. The summed E-state index contributed by atoms with van der Waals surface area (Å²) in [6, 6.07) is 19.4. The van der Waals surface area contributed by atoms with Gasteiger partial charge in [0.2, 0.25) is 0 Å². The van der Waals surface area contributed by atoms with Crippen LogP contribution in [0.4, 0.5) is 5.69 Å². The average Bonchev–Trinajstić information content (AvgIpc) is 3.03. The second-order valence-corrected chi connectivity index (χ2v) is 7.63. The number of nitrogens with zero attached hydrogens (tertiary/aromatic N) is 2. The zero-order valence-corrected chi connectivity index (χ0v) is 14.1. The van der Waals surface area contributed by atoms with Crippen LogP contribution in [0.25, 0.3) is 11.3 Å². The Bertz CT molecular complexity index is 746. The van der Waals surface area contributed by atoms with E-state index in [1.807, 2.05) is 60.7 Å². The van der Waals surface area contributed by atoms with E-state index < -0.39 is 0 Å². The molecular formula is C16H13N3OSSe. The fraction of sp³-hybridized carbons (Fsp3) is 0.0625. The van der Waals surface area contributed by atoms with Crippen molar-refractivity contribution in [3.63, 3.8) is 0 Å². The molecule has 0 aliphatic rings. The molecule has 0 bridgehead atoms. The van der Waals surface area contributed by atoms with Crippen LogP contribution < -0.4 is 5.32 Å². The molecule has 3 rings (SSSR count). The SMILES string of the molecule is O=C(CSc1[se]nnc1-c1ccccc1)Nc1ccccc1. The Balaban J connectivity index is 1.63. The van der Waals surface area contributed by atoms with Crippen LogP contribution in [0, 0.1) is 0 Å². The maximum atomic E-state index is 12.0. The number of aromatic nitrogens is 2. The van der Waals surface area contributed by atoms with Crippen LogP contribution in [0.5, 0.6) is 0 Å². The van der Waals surface area contributed by atoms with Crippen LogP contribution in [-0.4, -0.2) is 35.6 Å². The third-order valence-corrected chi connectivity index (χ3v) is 5.98. The van der Waals surface area contributed by atoms with Crippen molar-refractivity contribution >= 4 is 38.1 Å². The van der Waals surface area contributed by atoms with E-state index in [1.54, 1.807) is 0 Å². The van der Waals surface area contributed by atoms with Crippen LogP contribution in [0.15, 0.2) is 64.4 Å². The minimum atomic E-state index is -0.0249. The Hall–Kier alpha value is -1.88. The summed E-state index contributed by atoms with van der Waals surface area (Å²) >= 11 is 1.50. The Labute approximate surface area is 138 Å². The van der Waals surface area contributed by atoms with E-state index in [4.69, 9.17) is 0 Å². The first-order valence-electron chi connectivity index (χ1n) is 6.68. The van der Waals surface area contributed by atoms with E-state index in [0.29, 0.717) is 5.75 Å². The third kappa shape index (κ3) is 3.85. The summed E-state index contributed by atoms with van der Waals surface area (Å²) in [7, 11) is 0. The van der Waals surface area contributed by atoms with Gasteiger partial charge in [0.15, 0.2) is 0 Å². The second-order valence-electron chi connectivity index (χ2n) is 4.48. The van der Waals surface area contributed by atoms with Gasteiger partial charge in [0.05, 0.1) is 0 Å². The van der Waals surface area contributed by atoms with E-state index >= 15 is 0 Å². The topological polar surface area (TPSA) is 54.9 Å². The van der Waals surface area contributed by atoms with Crippen molar-refractivity contribution in [2.24, 2.45) is 0 Å². The van der Waals surface area contributed by atoms with E-state index in [-0.39, 0.29) is 20.6 Å². The van der Waals surface area contributed by atoms with E-state index in [9.17, 15) is 4.79 Å². The predicted octanol–water partition coefficient (Wildman–Crippen LogP) is 2.93. The molecule has 0 spiro atoms. The van der Waals surface area contributed by atoms with Crippen molar-refractivity contribution in [3.8, 4) is 11.3 Å². The first-order chi connectivity index (χ1) is 10.8. The number of amides is 1. The molecule has 110 valence electrons. The number of para-hydroxylation sites is 1. The summed E-state index contributed by atoms with van der Waals surface area (Å²) in [4.78, 5) is 12.0. The second kappa shape index (κ2) is 7.40. The van der Waals surface area contributed by atoms with Crippen LogP contribution in [0.3, 0.4) is 0 Å². The summed E-state index contributed by atoms with van der Waals surface area (Å²) in [6.45, 7) is 0. The first-order valence-corrected chi connectivity index (χ1v) is 9.29. The predicted molar refractivity (Wildman–Crippen MR) is 90.2 cm³/mol. The standard InChI is InChI=1S/C16H13N3OSSe/c20-14(17-13-9-5-2-6-10-13)11-21-16-15(18-19-22-16)12-7-3-1-4-8-12/h1-10H,11H2,(H,17,20). The maximum absolute atomic E-state index is 12.0. The quantitative estimate of drug-likeness (QED) is 0.551. The van der Waals surface area contributed by atoms with Crippen LogP contribution in [0.2, 0.25) is 0 Å². The van der Waals surface area contributed by atoms with Crippen LogP contribution in [0.1, 0.15) is 0 Å². The molecule has 4 nitrogen and oxygen atoms in total. The number of thioether (sulfide) groups is 1. The van der Waals surface area contributed by atoms with Gasteiger partial charge in [0.1, 0.15) is 0 Å². The normalized spacial score (nSPS) is 10.4. The molecule has 0 saturated heterocycles. The molecule has 0 fully saturated rings. The number of rotatable bonds is 5. The van der Waals surface area contributed by atoms with Crippen molar-refractivity contribution in [1.29, 1.82) is 0 Å². The molecule has 1 N–H and O–H groups in total. The summed E-state index contributed by atoms with van der Waals surface area (Å²) in [5.41, 5.74) is 2.77. The van der Waals surface area contributed by atoms with E-state index in [1.165, 1.54) is 11.8 Å². The van der Waals surface area contributed by atoms with Gasteiger partial charge in [-0.2, -0.15) is 0 Å². The number of hydrogen-bond donors (Lipinski definition) is 1. The number of hydrogen-bond acceptors (Lipinski definition) is 4. The molecular weight excluding hydrogens is 361 g/mol. The zero-order valence-electron chi connectivity index (χ0n) is 11.6. The van der Waals surface area contributed by atoms with Crippen molar-refractivity contribution < 1.29 is 4.79 Å². The average molecular weight is 374 g/mol. The number of carbonyl (C=O) groups is 1. The first kappa shape index (κ1) is 15.0. The summed E-state index contributed by atoms with van der Waals surface area (Å²) < 4.78 is 5.24. The van der Waals surface area contributed by atoms with Gasteiger partial charge in [0.25, 0.3) is 0 Å². The molecule has 0 aliphatic carbocycles. The molecule has 0 aliphatic heterocycles. The van der Waals surface area contributed by atoms with Crippen molar-refractivity contribution in [2.75, 3.05) is 11.1 Å². The van der Waals surface area contributed by atoms with Gasteiger partial charge >= 0.3 is 139 Å². The molecule has 1 heterocycles. The molecule has 0 radical (unpaired) electrons. The molecule has 1 aromatic heterocycles. The number of nitrogens with one attached hydrogen (secondary N) is 1. The monoisotopic (exact) mass is 375 g/mol. The van der Waals surface area contributed by atoms with Crippen molar-refractivity contribution in [3.05, 3.63) is 60.7 Å². The van der Waals surface area contributed by atoms with E-state index in [0.717, 1.165) is 20.7 Å². The summed E-state index contributed by atoms with van der Waals surface area (Å²) in [6.07, 6.45) is 0. The Morgan fingerprint density at radius 3 is 2.45 bits per heavy atom. The van der Waals surface area contributed by atoms with Gasteiger partial charge in [-0.25, -0.2) is 0 Å². The minimum absolute atomic E-state index is 0.0150. The van der Waals surface area contributed by atoms with Gasteiger partial charge in [-0.3, -0.25) is 0 Å². The summed E-state index contributed by atoms with van der Waals surface area (Å²) in [5.74, 6) is 0.353.